The lowest BCUT2D eigenvalue weighted by molar-refractivity contribution is -0.730. The molecule has 1 aromatic heterocycles. The van der Waals surface area contributed by atoms with Crippen molar-refractivity contribution in [2.24, 2.45) is 11.8 Å². The van der Waals surface area contributed by atoms with Crippen molar-refractivity contribution in [2.75, 3.05) is 11.5 Å². The smallest absolute Gasteiger partial charge is 0.368 e. The number of benzene rings is 1. The number of nitrogens with zero attached hydrogens (tertiary/aromatic N) is 1. The van der Waals surface area contributed by atoms with Gasteiger partial charge in [-0.1, -0.05) is 23.8 Å². The van der Waals surface area contributed by atoms with Gasteiger partial charge in [-0.3, -0.25) is 9.59 Å². The minimum atomic E-state index is -1.14. The third-order valence-electron chi connectivity index (χ3n) is 5.79. The van der Waals surface area contributed by atoms with Crippen LogP contribution in [0.15, 0.2) is 41.8 Å². The highest BCUT2D eigenvalue weighted by atomic mass is 32.1. The molecule has 28 heavy (non-hydrogen) atoms. The molecule has 2 N–H and O–H groups in total. The van der Waals surface area contributed by atoms with E-state index in [4.69, 9.17) is 4.74 Å². The number of aryl methyl sites for hydroxylation is 1. The fourth-order valence-corrected chi connectivity index (χ4v) is 5.28. The average Bonchev–Trinajstić information content (AvgIpc) is 3.35. The van der Waals surface area contributed by atoms with Gasteiger partial charge < -0.3 is 10.1 Å². The molecule has 1 aromatic carbocycles. The van der Waals surface area contributed by atoms with E-state index in [2.05, 4.69) is 0 Å². The van der Waals surface area contributed by atoms with Crippen molar-refractivity contribution in [2.45, 2.75) is 32.4 Å². The third kappa shape index (κ3) is 2.69. The Morgan fingerprint density at radius 2 is 1.93 bits per heavy atom. The van der Waals surface area contributed by atoms with Crippen molar-refractivity contribution in [1.29, 1.82) is 0 Å². The summed E-state index contributed by atoms with van der Waals surface area (Å²) < 4.78 is 5.29. The number of thiophene rings is 1. The monoisotopic (exact) mass is 399 g/mol. The maximum Gasteiger partial charge on any atom is 0.368 e. The standard InChI is InChI=1S/C21H22N2O4S/c1-4-27-20(26)21(3)16-15(17(22-21)14-6-5-11-28-14)18(24)23(19(16)25)13-9-7-12(2)8-10-13/h5-11,15-17,22H,4H2,1-3H3/p+1/t15-,16+,17-,21+/m0/s1. The molecule has 2 aliphatic heterocycles. The van der Waals surface area contributed by atoms with Gasteiger partial charge in [-0.25, -0.2) is 9.69 Å². The maximum atomic E-state index is 13.4. The molecule has 2 aliphatic rings. The molecule has 6 nitrogen and oxygen atoms in total. The summed E-state index contributed by atoms with van der Waals surface area (Å²) in [7, 11) is 0. The first-order chi connectivity index (χ1) is 13.4. The van der Waals surface area contributed by atoms with E-state index in [9.17, 15) is 14.4 Å². The average molecular weight is 399 g/mol. The summed E-state index contributed by atoms with van der Waals surface area (Å²) in [6, 6.07) is 10.9. The molecule has 2 amide bonds. The summed E-state index contributed by atoms with van der Waals surface area (Å²) >= 11 is 1.53. The second-order valence-corrected chi connectivity index (χ2v) is 8.54. The molecular formula is C21H23N2O4S+. The van der Waals surface area contributed by atoms with E-state index in [0.29, 0.717) is 5.69 Å². The molecule has 2 fully saturated rings. The van der Waals surface area contributed by atoms with Crippen LogP contribution >= 0.6 is 11.3 Å². The number of amides is 2. The predicted molar refractivity (Wildman–Crippen MR) is 105 cm³/mol. The normalized spacial score (nSPS) is 29.2. The topological polar surface area (TPSA) is 80.3 Å². The Kier molecular flexibility index (Phi) is 4.59. The number of fused-ring (bicyclic) bond motifs is 1. The Morgan fingerprint density at radius 1 is 1.21 bits per heavy atom. The first-order valence-corrected chi connectivity index (χ1v) is 10.3. The Hall–Kier alpha value is -2.51. The van der Waals surface area contributed by atoms with E-state index in [1.54, 1.807) is 26.0 Å². The Morgan fingerprint density at radius 3 is 2.54 bits per heavy atom. The summed E-state index contributed by atoms with van der Waals surface area (Å²) in [6.45, 7) is 5.64. The van der Waals surface area contributed by atoms with Gasteiger partial charge in [0.1, 0.15) is 17.9 Å². The van der Waals surface area contributed by atoms with Crippen LogP contribution < -0.4 is 10.2 Å². The SMILES string of the molecule is CCOC(=O)[C@]1(C)[NH2+][C@@H](c2cccs2)[C@H]2C(=O)N(c3ccc(C)cc3)C(=O)[C@@H]21. The van der Waals surface area contributed by atoms with Crippen LogP contribution in [0.25, 0.3) is 0 Å². The van der Waals surface area contributed by atoms with Crippen LogP contribution in [0.3, 0.4) is 0 Å². The molecule has 146 valence electrons. The number of esters is 1. The van der Waals surface area contributed by atoms with Crippen LogP contribution in [-0.2, 0) is 19.1 Å². The lowest BCUT2D eigenvalue weighted by Gasteiger charge is -2.26. The Balaban J connectivity index is 1.80. The van der Waals surface area contributed by atoms with E-state index < -0.39 is 23.3 Å². The highest BCUT2D eigenvalue weighted by Gasteiger charge is 2.71. The van der Waals surface area contributed by atoms with Gasteiger partial charge in [-0.15, -0.1) is 11.3 Å². The zero-order valence-corrected chi connectivity index (χ0v) is 16.9. The quantitative estimate of drug-likeness (QED) is 0.628. The van der Waals surface area contributed by atoms with E-state index in [1.165, 1.54) is 16.2 Å². The molecule has 0 bridgehead atoms. The van der Waals surface area contributed by atoms with Crippen molar-refractivity contribution in [1.82, 2.24) is 0 Å². The van der Waals surface area contributed by atoms with Gasteiger partial charge in [0.2, 0.25) is 17.4 Å². The van der Waals surface area contributed by atoms with Crippen molar-refractivity contribution in [3.8, 4) is 0 Å². The second kappa shape index (κ2) is 6.83. The zero-order chi connectivity index (χ0) is 20.1. The summed E-state index contributed by atoms with van der Waals surface area (Å²) in [5, 5.41) is 3.80. The number of quaternary nitrogens is 1. The molecular weight excluding hydrogens is 376 g/mol. The fourth-order valence-electron chi connectivity index (χ4n) is 4.43. The molecule has 0 radical (unpaired) electrons. The first-order valence-electron chi connectivity index (χ1n) is 9.39. The van der Waals surface area contributed by atoms with E-state index in [0.717, 1.165) is 10.4 Å². The highest BCUT2D eigenvalue weighted by Crippen LogP contribution is 2.46. The molecule has 4 atom stereocenters. The Labute approximate surface area is 167 Å². The number of anilines is 1. The summed E-state index contributed by atoms with van der Waals surface area (Å²) in [5.74, 6) is -2.38. The molecule has 0 spiro atoms. The van der Waals surface area contributed by atoms with Crippen LogP contribution in [-0.4, -0.2) is 29.9 Å². The van der Waals surface area contributed by atoms with Gasteiger partial charge in [-0.05, 0) is 37.4 Å². The van der Waals surface area contributed by atoms with Crippen molar-refractivity contribution < 1.29 is 24.4 Å². The van der Waals surface area contributed by atoms with E-state index in [-0.39, 0.29) is 24.5 Å². The number of hydrogen-bond donors (Lipinski definition) is 1. The molecule has 7 heteroatoms. The number of carbonyl (C=O) groups is 3. The fraction of sp³-hybridized carbons (Fsp3) is 0.381. The maximum absolute atomic E-state index is 13.4. The molecule has 0 saturated carbocycles. The number of ether oxygens (including phenoxy) is 1. The molecule has 3 heterocycles. The highest BCUT2D eigenvalue weighted by molar-refractivity contribution is 7.10. The minimum absolute atomic E-state index is 0.229. The van der Waals surface area contributed by atoms with Crippen molar-refractivity contribution in [3.05, 3.63) is 52.2 Å². The van der Waals surface area contributed by atoms with Crippen molar-refractivity contribution >= 4 is 34.8 Å². The number of hydrogen-bond acceptors (Lipinski definition) is 5. The Bertz CT molecular complexity index is 924. The van der Waals surface area contributed by atoms with Gasteiger partial charge in [0.05, 0.1) is 17.2 Å². The van der Waals surface area contributed by atoms with Gasteiger partial charge in [0.25, 0.3) is 0 Å². The molecule has 4 rings (SSSR count). The first kappa shape index (κ1) is 18.8. The van der Waals surface area contributed by atoms with E-state index in [1.807, 2.05) is 41.9 Å². The largest absolute Gasteiger partial charge is 0.461 e. The van der Waals surface area contributed by atoms with Crippen LogP contribution in [0.4, 0.5) is 5.69 Å². The lowest BCUT2D eigenvalue weighted by atomic mass is 9.81. The van der Waals surface area contributed by atoms with Crippen molar-refractivity contribution in [3.63, 3.8) is 0 Å². The summed E-state index contributed by atoms with van der Waals surface area (Å²) in [6.07, 6.45) is 0. The van der Waals surface area contributed by atoms with Gasteiger partial charge in [0.15, 0.2) is 0 Å². The van der Waals surface area contributed by atoms with Crippen LogP contribution in [0, 0.1) is 18.8 Å². The van der Waals surface area contributed by atoms with Crippen LogP contribution in [0.5, 0.6) is 0 Å². The summed E-state index contributed by atoms with van der Waals surface area (Å²) in [4.78, 5) is 41.9. The van der Waals surface area contributed by atoms with Gasteiger partial charge >= 0.3 is 5.97 Å². The minimum Gasteiger partial charge on any atom is -0.461 e. The number of rotatable bonds is 4. The van der Waals surface area contributed by atoms with Gasteiger partial charge in [0, 0.05) is 6.92 Å². The summed E-state index contributed by atoms with van der Waals surface area (Å²) in [5.41, 5.74) is 0.456. The zero-order valence-electron chi connectivity index (χ0n) is 16.0. The van der Waals surface area contributed by atoms with Crippen LogP contribution in [0.1, 0.15) is 30.3 Å². The predicted octanol–water partition coefficient (Wildman–Crippen LogP) is 1.80. The molecule has 0 unspecified atom stereocenters. The molecule has 2 saturated heterocycles. The number of nitrogens with two attached hydrogens (primary N) is 1. The second-order valence-electron chi connectivity index (χ2n) is 7.56. The van der Waals surface area contributed by atoms with E-state index >= 15 is 0 Å². The van der Waals surface area contributed by atoms with Crippen LogP contribution in [0.2, 0.25) is 0 Å². The van der Waals surface area contributed by atoms with Gasteiger partial charge in [-0.2, -0.15) is 0 Å². The number of imide groups is 1. The number of carbonyl (C=O) groups excluding carboxylic acids is 3. The molecule has 2 aromatic rings. The molecule has 0 aliphatic carbocycles. The lowest BCUT2D eigenvalue weighted by Crippen LogP contribution is -2.97. The third-order valence-corrected chi connectivity index (χ3v) is 6.76.